The molecule has 18 nitrogen and oxygen atoms in total. The summed E-state index contributed by atoms with van der Waals surface area (Å²) in [4.78, 5) is 12.1. The number of aliphatic hydroxyl groups excluding tert-OH is 1. The molecule has 0 aliphatic carbocycles. The highest BCUT2D eigenvalue weighted by Crippen LogP contribution is 2.57. The van der Waals surface area contributed by atoms with E-state index in [0.717, 1.165) is 25.7 Å². The van der Waals surface area contributed by atoms with Gasteiger partial charge in [0, 0.05) is 84.4 Å². The Bertz CT molecular complexity index is 1660. The summed E-state index contributed by atoms with van der Waals surface area (Å²) >= 11 is 0. The standard InChI is InChI=1S/C48H82O18/c1-23-38(62-37-20-18-30(54-10)28(6)59-37)25(3)46(9,52)65-39(23)33-16-15-31(60-33)32-17-19-35(61-32)45(8)42(57-13)27(5)48(66-45)24(2)34(55-11)21-29(63-48)22-36-44(7,58-14)41(56-12)26(4)47(53,64-36)40(49)43(50)51/h23-42,49,52-53H,15-22H2,1-14H3,(H,50,51)/t23-,24+,25-,26+,27+,28-,29+,30-,31+,32-,33-,34+,35+,36+,37+,38-,39+,40+,41-,42-,44-,45+,46-,47+,48-/m0/s1. The molecular weight excluding hydrogens is 865 g/mol. The van der Waals surface area contributed by atoms with Gasteiger partial charge in [-0.2, -0.15) is 0 Å². The van der Waals surface area contributed by atoms with Gasteiger partial charge in [0.2, 0.25) is 11.9 Å². The van der Waals surface area contributed by atoms with E-state index in [1.807, 2.05) is 27.7 Å². The number of aliphatic carboxylic acids is 1. The Morgan fingerprint density at radius 1 is 0.697 bits per heavy atom. The molecule has 7 saturated heterocycles. The first-order valence-electron chi connectivity index (χ1n) is 24.4. The second kappa shape index (κ2) is 19.8. The van der Waals surface area contributed by atoms with E-state index in [1.165, 1.54) is 14.2 Å². The van der Waals surface area contributed by atoms with Crippen LogP contribution in [0.15, 0.2) is 0 Å². The minimum absolute atomic E-state index is 0.0182. The molecule has 25 atom stereocenters. The highest BCUT2D eigenvalue weighted by atomic mass is 16.7. The first-order valence-corrected chi connectivity index (χ1v) is 24.4. The molecule has 18 heteroatoms. The van der Waals surface area contributed by atoms with Crippen molar-refractivity contribution < 1.29 is 86.8 Å². The van der Waals surface area contributed by atoms with Crippen LogP contribution in [-0.2, 0) is 66.4 Å². The number of carboxylic acid groups (broad SMARTS) is 1. The summed E-state index contributed by atoms with van der Waals surface area (Å²) in [5, 5.41) is 43.9. The van der Waals surface area contributed by atoms with Crippen LogP contribution in [0.5, 0.6) is 0 Å². The minimum Gasteiger partial charge on any atom is -0.479 e. The lowest BCUT2D eigenvalue weighted by Gasteiger charge is -2.56. The van der Waals surface area contributed by atoms with Gasteiger partial charge in [-0.1, -0.05) is 34.6 Å². The molecule has 7 fully saturated rings. The zero-order chi connectivity index (χ0) is 48.5. The van der Waals surface area contributed by atoms with Crippen LogP contribution in [0.4, 0.5) is 0 Å². The average molecular weight is 947 g/mol. The normalized spacial score (nSPS) is 53.9. The van der Waals surface area contributed by atoms with E-state index in [2.05, 4.69) is 13.8 Å². The number of hydrogen-bond donors (Lipinski definition) is 4. The maximum absolute atomic E-state index is 12.1. The van der Waals surface area contributed by atoms with Crippen molar-refractivity contribution in [3.05, 3.63) is 0 Å². The molecule has 382 valence electrons. The zero-order valence-electron chi connectivity index (χ0n) is 41.7. The monoisotopic (exact) mass is 947 g/mol. The van der Waals surface area contributed by atoms with Gasteiger partial charge in [0.25, 0.3) is 0 Å². The van der Waals surface area contributed by atoms with Crippen LogP contribution < -0.4 is 0 Å². The number of rotatable bonds is 14. The highest BCUT2D eigenvalue weighted by molar-refractivity contribution is 5.73. The van der Waals surface area contributed by atoms with E-state index in [1.54, 1.807) is 42.1 Å². The Balaban J connectivity index is 1.05. The number of ether oxygens (including phenoxy) is 13. The van der Waals surface area contributed by atoms with Crippen LogP contribution in [0.3, 0.4) is 0 Å². The van der Waals surface area contributed by atoms with Crippen molar-refractivity contribution in [2.45, 2.75) is 234 Å². The first-order chi connectivity index (χ1) is 31.0. The second-order valence-corrected chi connectivity index (χ2v) is 21.2. The SMILES string of the molecule is CO[C@H]1CC[C@@H](O[C@H]2[C@H](C)[C@H]([C@@H]3CC[C@H]([C@@H]4CC[C@H]([C@@]5(C)O[C@]6(O[C@@H](C[C@H]7O[C@@](O)([C@H](O)C(=O)O)[C@H](C)[C@H](OC)[C@@]7(C)OC)C[C@@H](OC)[C@H]6C)[C@H](C)[C@@H]5OC)O4)O3)O[C@](C)(O)[C@H]2C)O[C@H]1C. The molecule has 7 aliphatic rings. The Hall–Kier alpha value is -1.17. The molecule has 1 spiro atoms. The first kappa shape index (κ1) is 52.6. The van der Waals surface area contributed by atoms with Gasteiger partial charge >= 0.3 is 5.97 Å². The molecule has 66 heavy (non-hydrogen) atoms. The fourth-order valence-electron chi connectivity index (χ4n) is 13.3. The number of hydrogen-bond acceptors (Lipinski definition) is 17. The van der Waals surface area contributed by atoms with E-state index < -0.39 is 83.4 Å². The summed E-state index contributed by atoms with van der Waals surface area (Å²) in [6.45, 7) is 17.2. The van der Waals surface area contributed by atoms with Gasteiger partial charge in [0.15, 0.2) is 17.9 Å². The molecule has 7 aliphatic heterocycles. The van der Waals surface area contributed by atoms with E-state index in [4.69, 9.17) is 61.6 Å². The van der Waals surface area contributed by atoms with Gasteiger partial charge in [-0.3, -0.25) is 0 Å². The maximum atomic E-state index is 12.1. The quantitative estimate of drug-likeness (QED) is 0.194. The molecule has 0 aromatic carbocycles. The third kappa shape index (κ3) is 8.95. The van der Waals surface area contributed by atoms with Crippen molar-refractivity contribution >= 4 is 5.97 Å². The van der Waals surface area contributed by atoms with Gasteiger partial charge in [-0.25, -0.2) is 4.79 Å². The smallest absolute Gasteiger partial charge is 0.338 e. The summed E-state index contributed by atoms with van der Waals surface area (Å²) in [6, 6.07) is 0. The molecule has 4 N–H and O–H groups in total. The predicted octanol–water partition coefficient (Wildman–Crippen LogP) is 3.94. The molecule has 7 rings (SSSR count). The lowest BCUT2D eigenvalue weighted by atomic mass is 9.73. The second-order valence-electron chi connectivity index (χ2n) is 21.2. The molecule has 0 bridgehead atoms. The van der Waals surface area contributed by atoms with Gasteiger partial charge in [-0.05, 0) is 59.8 Å². The minimum atomic E-state index is -2.50. The Morgan fingerprint density at radius 3 is 1.94 bits per heavy atom. The summed E-state index contributed by atoms with van der Waals surface area (Å²) < 4.78 is 83.8. The van der Waals surface area contributed by atoms with E-state index in [0.29, 0.717) is 19.3 Å². The molecule has 0 unspecified atom stereocenters. The molecule has 0 saturated carbocycles. The summed E-state index contributed by atoms with van der Waals surface area (Å²) in [7, 11) is 7.98. The predicted molar refractivity (Wildman–Crippen MR) is 234 cm³/mol. The van der Waals surface area contributed by atoms with Crippen LogP contribution in [0.1, 0.15) is 114 Å². The van der Waals surface area contributed by atoms with Gasteiger partial charge in [-0.15, -0.1) is 0 Å². The largest absolute Gasteiger partial charge is 0.479 e. The molecule has 0 aromatic rings. The Morgan fingerprint density at radius 2 is 1.33 bits per heavy atom. The van der Waals surface area contributed by atoms with Crippen molar-refractivity contribution in [1.29, 1.82) is 0 Å². The molecule has 7 heterocycles. The number of carboxylic acids is 1. The fourth-order valence-corrected chi connectivity index (χ4v) is 13.3. The maximum Gasteiger partial charge on any atom is 0.338 e. The molecule has 0 aromatic heterocycles. The Labute approximate surface area is 391 Å². The topological polar surface area (TPSA) is 218 Å². The van der Waals surface area contributed by atoms with Crippen molar-refractivity contribution in [3.63, 3.8) is 0 Å². The Kier molecular flexibility index (Phi) is 15.8. The van der Waals surface area contributed by atoms with Gasteiger partial charge < -0.3 is 82.0 Å². The van der Waals surface area contributed by atoms with Crippen molar-refractivity contribution in [1.82, 2.24) is 0 Å². The summed E-state index contributed by atoms with van der Waals surface area (Å²) in [5.74, 6) is -8.80. The molecular formula is C48H82O18. The third-order valence-electron chi connectivity index (χ3n) is 17.6. The van der Waals surface area contributed by atoms with Crippen molar-refractivity contribution in [2.24, 2.45) is 29.6 Å². The van der Waals surface area contributed by atoms with Crippen LogP contribution in [0.2, 0.25) is 0 Å². The average Bonchev–Trinajstić information content (AvgIpc) is 4.02. The number of aliphatic hydroxyl groups is 3. The molecule has 0 amide bonds. The van der Waals surface area contributed by atoms with Crippen LogP contribution in [0.25, 0.3) is 0 Å². The molecule has 0 radical (unpaired) electrons. The zero-order valence-corrected chi connectivity index (χ0v) is 41.7. The van der Waals surface area contributed by atoms with Crippen molar-refractivity contribution in [2.75, 3.05) is 35.5 Å². The lowest BCUT2D eigenvalue weighted by Crippen LogP contribution is -2.72. The van der Waals surface area contributed by atoms with Crippen LogP contribution in [0, 0.1) is 29.6 Å². The van der Waals surface area contributed by atoms with Crippen LogP contribution >= 0.6 is 0 Å². The summed E-state index contributed by atoms with van der Waals surface area (Å²) in [6.07, 6.45) is -2.92. The van der Waals surface area contributed by atoms with E-state index in [9.17, 15) is 25.2 Å². The van der Waals surface area contributed by atoms with Crippen LogP contribution in [-0.4, -0.2) is 182 Å². The fraction of sp³-hybridized carbons (Fsp3) is 0.979. The van der Waals surface area contributed by atoms with Crippen molar-refractivity contribution in [3.8, 4) is 0 Å². The van der Waals surface area contributed by atoms with E-state index in [-0.39, 0.29) is 78.9 Å². The third-order valence-corrected chi connectivity index (χ3v) is 17.6. The highest BCUT2D eigenvalue weighted by Gasteiger charge is 2.70. The number of carbonyl (C=O) groups is 1. The van der Waals surface area contributed by atoms with Gasteiger partial charge in [0.1, 0.15) is 11.2 Å². The van der Waals surface area contributed by atoms with E-state index >= 15 is 0 Å². The lowest BCUT2D eigenvalue weighted by molar-refractivity contribution is -0.389. The number of methoxy groups -OCH3 is 5. The summed E-state index contributed by atoms with van der Waals surface area (Å²) in [5.41, 5.74) is -2.16. The van der Waals surface area contributed by atoms with Gasteiger partial charge in [0.05, 0.1) is 79.4 Å².